The van der Waals surface area contributed by atoms with Gasteiger partial charge < -0.3 is 10.1 Å². The average Bonchev–Trinajstić information content (AvgIpc) is 2.79. The summed E-state index contributed by atoms with van der Waals surface area (Å²) >= 11 is 0. The Morgan fingerprint density at radius 2 is 1.56 bits per heavy atom. The molecule has 0 spiro atoms. The molecule has 3 aromatic rings. The number of para-hydroxylation sites is 1. The van der Waals surface area contributed by atoms with Gasteiger partial charge in [0.2, 0.25) is 5.91 Å². The molecule has 0 bridgehead atoms. The quantitative estimate of drug-likeness (QED) is 0.482. The molecule has 1 atom stereocenters. The van der Waals surface area contributed by atoms with E-state index in [0.29, 0.717) is 5.69 Å². The first kappa shape index (κ1) is 25.3. The molecule has 0 aliphatic rings. The highest BCUT2D eigenvalue weighted by Crippen LogP contribution is 2.28. The van der Waals surface area contributed by atoms with E-state index in [1.165, 1.54) is 4.31 Å². The lowest BCUT2D eigenvalue weighted by Gasteiger charge is -2.27. The van der Waals surface area contributed by atoms with Gasteiger partial charge in [-0.05, 0) is 75.6 Å². The van der Waals surface area contributed by atoms with Crippen LogP contribution < -0.4 is 14.4 Å². The van der Waals surface area contributed by atoms with Gasteiger partial charge in [0.25, 0.3) is 10.0 Å². The molecule has 0 aromatic heterocycles. The van der Waals surface area contributed by atoms with Crippen LogP contribution in [0.25, 0.3) is 0 Å². The van der Waals surface area contributed by atoms with Gasteiger partial charge in [0.1, 0.15) is 18.9 Å². The maximum atomic E-state index is 13.6. The monoisotopic (exact) mass is 480 g/mol. The van der Waals surface area contributed by atoms with Crippen molar-refractivity contribution >= 4 is 21.6 Å². The third kappa shape index (κ3) is 5.97. The molecule has 0 heterocycles. The van der Waals surface area contributed by atoms with Gasteiger partial charge in [-0.25, -0.2) is 8.42 Å². The smallest absolute Gasteiger partial charge is 0.264 e. The number of ether oxygens (including phenoxy) is 1. The summed E-state index contributed by atoms with van der Waals surface area (Å²) in [4.78, 5) is 13.1. The number of anilines is 1. The van der Waals surface area contributed by atoms with Gasteiger partial charge in [0.15, 0.2) is 0 Å². The highest BCUT2D eigenvalue weighted by atomic mass is 32.2. The fourth-order valence-electron chi connectivity index (χ4n) is 3.57. The van der Waals surface area contributed by atoms with Gasteiger partial charge in [-0.2, -0.15) is 0 Å². The maximum Gasteiger partial charge on any atom is 0.264 e. The second-order valence-electron chi connectivity index (χ2n) is 8.59. The van der Waals surface area contributed by atoms with Crippen molar-refractivity contribution < 1.29 is 17.9 Å². The number of hydrogen-bond donors (Lipinski definition) is 1. The topological polar surface area (TPSA) is 75.7 Å². The predicted octanol–water partition coefficient (Wildman–Crippen LogP) is 4.70. The fourth-order valence-corrected chi connectivity index (χ4v) is 5.05. The van der Waals surface area contributed by atoms with Crippen LogP contribution in [0.15, 0.2) is 71.6 Å². The fraction of sp³-hybridized carbons (Fsp3) is 0.296. The van der Waals surface area contributed by atoms with Crippen LogP contribution in [0.1, 0.15) is 29.2 Å². The molecule has 1 unspecified atom stereocenters. The zero-order valence-corrected chi connectivity index (χ0v) is 21.1. The van der Waals surface area contributed by atoms with Gasteiger partial charge >= 0.3 is 0 Å². The van der Waals surface area contributed by atoms with E-state index in [1.807, 2.05) is 65.0 Å². The lowest BCUT2D eigenvalue weighted by Crippen LogP contribution is -2.45. The molecule has 3 rings (SSSR count). The second-order valence-corrected chi connectivity index (χ2v) is 10.5. The Labute approximate surface area is 202 Å². The molecular formula is C27H32N2O4S. The minimum absolute atomic E-state index is 0.141. The molecule has 0 fully saturated rings. The summed E-state index contributed by atoms with van der Waals surface area (Å²) in [5.41, 5.74) is 4.20. The van der Waals surface area contributed by atoms with Crippen molar-refractivity contribution in [2.75, 3.05) is 17.5 Å². The predicted molar refractivity (Wildman–Crippen MR) is 136 cm³/mol. The number of aryl methyl sites for hydroxylation is 3. The van der Waals surface area contributed by atoms with Crippen LogP contribution in [0.2, 0.25) is 0 Å². The molecule has 0 saturated carbocycles. The lowest BCUT2D eigenvalue weighted by atomic mass is 10.1. The number of hydrogen-bond acceptors (Lipinski definition) is 4. The third-order valence-corrected chi connectivity index (χ3v) is 7.50. The van der Waals surface area contributed by atoms with Crippen molar-refractivity contribution in [1.29, 1.82) is 0 Å². The zero-order chi connectivity index (χ0) is 24.9. The molecule has 3 aromatic carbocycles. The number of nitrogens with zero attached hydrogens (tertiary/aromatic N) is 1. The molecule has 0 aliphatic heterocycles. The largest absolute Gasteiger partial charge is 0.491 e. The van der Waals surface area contributed by atoms with E-state index >= 15 is 0 Å². The van der Waals surface area contributed by atoms with Crippen LogP contribution in [-0.4, -0.2) is 33.5 Å². The van der Waals surface area contributed by atoms with Crippen molar-refractivity contribution in [3.8, 4) is 5.75 Å². The van der Waals surface area contributed by atoms with Gasteiger partial charge in [-0.3, -0.25) is 9.10 Å². The molecule has 0 radical (unpaired) electrons. The van der Waals surface area contributed by atoms with Crippen molar-refractivity contribution in [1.82, 2.24) is 5.32 Å². The lowest BCUT2D eigenvalue weighted by molar-refractivity contribution is -0.120. The van der Waals surface area contributed by atoms with E-state index in [0.717, 1.165) is 28.0 Å². The van der Waals surface area contributed by atoms with Gasteiger partial charge in [0.05, 0.1) is 16.6 Å². The Kier molecular flexibility index (Phi) is 7.99. The van der Waals surface area contributed by atoms with Crippen LogP contribution in [0.3, 0.4) is 0 Å². The molecule has 180 valence electrons. The summed E-state index contributed by atoms with van der Waals surface area (Å²) in [5.74, 6) is 0.347. The van der Waals surface area contributed by atoms with E-state index in [1.54, 1.807) is 36.4 Å². The van der Waals surface area contributed by atoms with Gasteiger partial charge in [0, 0.05) is 0 Å². The summed E-state index contributed by atoms with van der Waals surface area (Å²) in [6, 6.07) is 19.4. The summed E-state index contributed by atoms with van der Waals surface area (Å²) in [5, 5.41) is 2.87. The van der Waals surface area contributed by atoms with Crippen molar-refractivity contribution in [2.45, 2.75) is 45.6 Å². The average molecular weight is 481 g/mol. The number of sulfonamides is 1. The Hall–Kier alpha value is -3.32. The highest BCUT2D eigenvalue weighted by Gasteiger charge is 2.29. The van der Waals surface area contributed by atoms with E-state index < -0.39 is 15.9 Å². The molecule has 1 amide bonds. The number of rotatable bonds is 9. The zero-order valence-electron chi connectivity index (χ0n) is 20.3. The summed E-state index contributed by atoms with van der Waals surface area (Å²) in [7, 11) is -3.96. The summed E-state index contributed by atoms with van der Waals surface area (Å²) in [6.07, 6.45) is 0. The second kappa shape index (κ2) is 10.7. The molecule has 34 heavy (non-hydrogen) atoms. The molecule has 0 saturated heterocycles. The van der Waals surface area contributed by atoms with Crippen LogP contribution in [-0.2, 0) is 14.8 Å². The Bertz CT molecular complexity index is 1250. The molecule has 6 nitrogen and oxygen atoms in total. The first-order valence-corrected chi connectivity index (χ1v) is 12.7. The number of carbonyl (C=O) groups is 1. The number of benzene rings is 3. The van der Waals surface area contributed by atoms with Crippen LogP contribution >= 0.6 is 0 Å². The van der Waals surface area contributed by atoms with Gasteiger partial charge in [-0.15, -0.1) is 0 Å². The van der Waals surface area contributed by atoms with E-state index in [-0.39, 0.29) is 24.1 Å². The normalized spacial score (nSPS) is 12.1. The third-order valence-electron chi connectivity index (χ3n) is 5.73. The first-order chi connectivity index (χ1) is 16.1. The van der Waals surface area contributed by atoms with Crippen molar-refractivity contribution in [3.63, 3.8) is 0 Å². The van der Waals surface area contributed by atoms with Gasteiger partial charge in [-0.1, -0.05) is 48.0 Å². The Morgan fingerprint density at radius 3 is 2.24 bits per heavy atom. The van der Waals surface area contributed by atoms with Crippen LogP contribution in [0, 0.1) is 27.7 Å². The number of nitrogens with one attached hydrogen (secondary N) is 1. The maximum absolute atomic E-state index is 13.6. The summed E-state index contributed by atoms with van der Waals surface area (Å²) < 4.78 is 34.2. The van der Waals surface area contributed by atoms with E-state index in [4.69, 9.17) is 4.74 Å². The molecule has 7 heteroatoms. The summed E-state index contributed by atoms with van der Waals surface area (Å²) in [6.45, 7) is 9.38. The van der Waals surface area contributed by atoms with Crippen molar-refractivity contribution in [2.24, 2.45) is 0 Å². The molecule has 0 aliphatic carbocycles. The van der Waals surface area contributed by atoms with Crippen LogP contribution in [0.4, 0.5) is 5.69 Å². The molecular weight excluding hydrogens is 448 g/mol. The standard InChI is InChI=1S/C27H32N2O4S/c1-19-13-15-24(16-14-19)34(31,32)29(25-11-8-10-20(2)23(25)5)17-27(30)28-22(4)18-33-26-12-7-6-9-21(26)3/h6-16,22H,17-18H2,1-5H3,(H,28,30). The van der Waals surface area contributed by atoms with E-state index in [2.05, 4.69) is 5.32 Å². The first-order valence-electron chi connectivity index (χ1n) is 11.2. The Morgan fingerprint density at radius 1 is 0.912 bits per heavy atom. The minimum Gasteiger partial charge on any atom is -0.491 e. The number of amides is 1. The highest BCUT2D eigenvalue weighted by molar-refractivity contribution is 7.92. The molecule has 1 N–H and O–H groups in total. The Balaban J connectivity index is 1.81. The van der Waals surface area contributed by atoms with E-state index in [9.17, 15) is 13.2 Å². The SMILES string of the molecule is Cc1ccc(S(=O)(=O)N(CC(=O)NC(C)COc2ccccc2C)c2cccc(C)c2C)cc1. The van der Waals surface area contributed by atoms with Crippen LogP contribution in [0.5, 0.6) is 5.75 Å². The van der Waals surface area contributed by atoms with Crippen molar-refractivity contribution in [3.05, 3.63) is 89.0 Å². The number of carbonyl (C=O) groups excluding carboxylic acids is 1. The minimum atomic E-state index is -3.96.